The van der Waals surface area contributed by atoms with Crippen LogP contribution < -0.4 is 10.0 Å². The number of amidine groups is 1. The van der Waals surface area contributed by atoms with Gasteiger partial charge in [0.25, 0.3) is 10.0 Å². The van der Waals surface area contributed by atoms with E-state index in [2.05, 4.69) is 14.4 Å². The summed E-state index contributed by atoms with van der Waals surface area (Å²) in [5.74, 6) is -2.65. The number of rotatable bonds is 6. The largest absolute Gasteiger partial charge is 0.334 e. The molecule has 2 aliphatic heterocycles. The highest BCUT2D eigenvalue weighted by Gasteiger charge is 2.51. The Morgan fingerprint density at radius 1 is 1.17 bits per heavy atom. The van der Waals surface area contributed by atoms with Gasteiger partial charge in [0.1, 0.15) is 15.7 Å². The summed E-state index contributed by atoms with van der Waals surface area (Å²) in [5, 5.41) is 4.66. The summed E-state index contributed by atoms with van der Waals surface area (Å²) in [7, 11) is -7.81. The van der Waals surface area contributed by atoms with Crippen molar-refractivity contribution in [3.05, 3.63) is 46.8 Å². The molecule has 36 heavy (non-hydrogen) atoms. The van der Waals surface area contributed by atoms with Gasteiger partial charge in [-0.05, 0) is 23.8 Å². The Kier molecular flexibility index (Phi) is 6.52. The molecule has 2 N–H and O–H groups in total. The smallest absolute Gasteiger partial charge is 0.287 e. The highest BCUT2D eigenvalue weighted by Crippen LogP contribution is 2.41. The standard InChI is InChI=1S/C23H26N4O6S3/c1-35(30,31)24-11-15-13-34-22-20(15)36(32,33)26-21(25-22)18-19(28)16-9-5-6-10-17(16)27(23(18)29)12-14-7-3-2-4-8-14/h2-4,7-8,13,16-18,24H,5-6,9-12H2,1H3,(H,25,26). The second-order valence-electron chi connectivity index (χ2n) is 9.33. The Labute approximate surface area is 213 Å². The topological polar surface area (TPSA) is 142 Å². The molecule has 13 heteroatoms. The average Bonchev–Trinajstić information content (AvgIpc) is 3.25. The third kappa shape index (κ3) is 4.72. The first-order valence-corrected chi connectivity index (χ1v) is 15.8. The van der Waals surface area contributed by atoms with E-state index in [9.17, 15) is 26.4 Å². The lowest BCUT2D eigenvalue weighted by molar-refractivity contribution is -0.152. The van der Waals surface area contributed by atoms with Crippen LogP contribution in [0.3, 0.4) is 0 Å². The van der Waals surface area contributed by atoms with Gasteiger partial charge < -0.3 is 10.2 Å². The summed E-state index contributed by atoms with van der Waals surface area (Å²) in [6.45, 7) is 0.114. The molecule has 1 aromatic carbocycles. The predicted molar refractivity (Wildman–Crippen MR) is 135 cm³/mol. The zero-order valence-electron chi connectivity index (χ0n) is 19.5. The van der Waals surface area contributed by atoms with Crippen LogP contribution in [0.1, 0.15) is 36.8 Å². The van der Waals surface area contributed by atoms with Crippen molar-refractivity contribution in [2.45, 2.75) is 49.7 Å². The van der Waals surface area contributed by atoms with Crippen LogP contribution in [0.15, 0.2) is 45.0 Å². The lowest BCUT2D eigenvalue weighted by Gasteiger charge is -2.46. The van der Waals surface area contributed by atoms with Gasteiger partial charge in [-0.25, -0.2) is 13.1 Å². The maximum absolute atomic E-state index is 13.8. The molecule has 2 aromatic rings. The third-order valence-electron chi connectivity index (χ3n) is 6.84. The van der Waals surface area contributed by atoms with Gasteiger partial charge in [0, 0.05) is 30.6 Å². The number of hydrogen-bond donors (Lipinski definition) is 2. The maximum atomic E-state index is 13.8. The van der Waals surface area contributed by atoms with Crippen molar-refractivity contribution in [1.82, 2.24) is 9.62 Å². The van der Waals surface area contributed by atoms with E-state index in [-0.39, 0.29) is 45.6 Å². The summed E-state index contributed by atoms with van der Waals surface area (Å²) < 4.78 is 55.5. The van der Waals surface area contributed by atoms with Crippen LogP contribution in [0.4, 0.5) is 5.00 Å². The van der Waals surface area contributed by atoms with E-state index in [1.165, 1.54) is 5.38 Å². The number of nitrogens with zero attached hydrogens (tertiary/aromatic N) is 2. The quantitative estimate of drug-likeness (QED) is 0.525. The summed E-state index contributed by atoms with van der Waals surface area (Å²) in [6, 6.07) is 9.28. The Morgan fingerprint density at radius 3 is 2.61 bits per heavy atom. The number of carbonyl (C=O) groups is 2. The molecule has 3 unspecified atom stereocenters. The fourth-order valence-corrected chi connectivity index (χ4v) is 8.29. The number of likely N-dealkylation sites (tertiary alicyclic amines) is 1. The normalized spacial score (nSPS) is 25.5. The lowest BCUT2D eigenvalue weighted by atomic mass is 9.73. The zero-order chi connectivity index (χ0) is 25.7. The molecule has 1 amide bonds. The fourth-order valence-electron chi connectivity index (χ4n) is 5.23. The molecule has 10 nitrogen and oxygen atoms in total. The molecular weight excluding hydrogens is 524 g/mol. The van der Waals surface area contributed by atoms with Gasteiger partial charge in [-0.3, -0.25) is 9.59 Å². The van der Waals surface area contributed by atoms with Gasteiger partial charge >= 0.3 is 0 Å². The van der Waals surface area contributed by atoms with E-state index < -0.39 is 31.9 Å². The van der Waals surface area contributed by atoms with Gasteiger partial charge in [-0.2, -0.15) is 8.42 Å². The molecule has 1 aliphatic carbocycles. The number of sulfonamides is 2. The van der Waals surface area contributed by atoms with Crippen molar-refractivity contribution < 1.29 is 26.4 Å². The van der Waals surface area contributed by atoms with Gasteiger partial charge in [0.05, 0.1) is 6.26 Å². The summed E-state index contributed by atoms with van der Waals surface area (Å²) in [5.41, 5.74) is 1.17. The van der Waals surface area contributed by atoms with Gasteiger partial charge in [-0.1, -0.05) is 43.2 Å². The van der Waals surface area contributed by atoms with Crippen molar-refractivity contribution in [1.29, 1.82) is 0 Å². The molecule has 3 aliphatic rings. The molecule has 1 aromatic heterocycles. The molecule has 2 fully saturated rings. The molecule has 192 valence electrons. The van der Waals surface area contributed by atoms with Crippen molar-refractivity contribution in [2.75, 3.05) is 11.6 Å². The number of Topliss-reactive ketones (excluding diaryl/α,β-unsaturated/α-hetero) is 1. The number of hydrogen-bond acceptors (Lipinski definition) is 8. The number of fused-ring (bicyclic) bond motifs is 2. The van der Waals surface area contributed by atoms with Crippen LogP contribution in [-0.2, 0) is 42.7 Å². The summed E-state index contributed by atoms with van der Waals surface area (Å²) in [6.07, 6.45) is 4.15. The minimum atomic E-state index is -4.27. The Hall–Kier alpha value is -2.61. The van der Waals surface area contributed by atoms with Gasteiger partial charge in [0.15, 0.2) is 11.7 Å². The average molecular weight is 551 g/mol. The zero-order valence-corrected chi connectivity index (χ0v) is 22.0. The molecule has 3 heterocycles. The van der Waals surface area contributed by atoms with Crippen LogP contribution in [0, 0.1) is 11.8 Å². The maximum Gasteiger partial charge on any atom is 0.287 e. The highest BCUT2D eigenvalue weighted by molar-refractivity contribution is 7.91. The van der Waals surface area contributed by atoms with Crippen LogP contribution in [-0.4, -0.2) is 51.6 Å². The fraction of sp³-hybridized carbons (Fsp3) is 0.435. The van der Waals surface area contributed by atoms with E-state index in [0.29, 0.717) is 13.0 Å². The first-order valence-electron chi connectivity index (χ1n) is 11.6. The number of amides is 1. The van der Waals surface area contributed by atoms with Crippen molar-refractivity contribution >= 4 is 53.9 Å². The van der Waals surface area contributed by atoms with E-state index in [0.717, 1.165) is 42.4 Å². The van der Waals surface area contributed by atoms with E-state index >= 15 is 0 Å². The first-order chi connectivity index (χ1) is 17.0. The number of anilines is 1. The van der Waals surface area contributed by atoms with Crippen LogP contribution in [0.25, 0.3) is 0 Å². The molecule has 5 rings (SSSR count). The van der Waals surface area contributed by atoms with Crippen molar-refractivity contribution in [3.8, 4) is 0 Å². The molecule has 1 saturated heterocycles. The van der Waals surface area contributed by atoms with E-state index in [1.54, 1.807) is 4.90 Å². The molecule has 0 bridgehead atoms. The van der Waals surface area contributed by atoms with Crippen molar-refractivity contribution in [2.24, 2.45) is 16.2 Å². The monoisotopic (exact) mass is 550 g/mol. The van der Waals surface area contributed by atoms with Crippen LogP contribution in [0.5, 0.6) is 0 Å². The number of thiophene rings is 1. The Balaban J connectivity index is 1.49. The second kappa shape index (κ2) is 9.36. The molecule has 0 radical (unpaired) electrons. The Bertz CT molecular complexity index is 1450. The summed E-state index contributed by atoms with van der Waals surface area (Å²) in [4.78, 5) is 28.9. The highest BCUT2D eigenvalue weighted by atomic mass is 32.2. The number of nitrogens with one attached hydrogen (secondary N) is 2. The third-order valence-corrected chi connectivity index (χ3v) is 10.0. The first kappa shape index (κ1) is 25.1. The molecule has 0 spiro atoms. The number of ketones is 1. The van der Waals surface area contributed by atoms with Crippen LogP contribution in [0.2, 0.25) is 0 Å². The molecule has 1 saturated carbocycles. The summed E-state index contributed by atoms with van der Waals surface area (Å²) >= 11 is 1.06. The molecule has 3 atom stereocenters. The minimum absolute atomic E-state index is 0.139. The number of piperidine rings is 1. The van der Waals surface area contributed by atoms with E-state index in [1.807, 2.05) is 30.3 Å². The number of carbonyl (C=O) groups excluding carboxylic acids is 2. The SMILES string of the molecule is CS(=O)(=O)NCc1csc2c1S(=O)(=O)N=C(C1C(=O)C3CCCCC3N(Cc3ccccc3)C1=O)N2. The predicted octanol–water partition coefficient (Wildman–Crippen LogP) is 2.10. The lowest BCUT2D eigenvalue weighted by Crippen LogP contribution is -2.60. The molecular formula is C23H26N4O6S3. The minimum Gasteiger partial charge on any atom is -0.334 e. The second-order valence-corrected chi connectivity index (χ2v) is 13.6. The Morgan fingerprint density at radius 2 is 1.89 bits per heavy atom. The van der Waals surface area contributed by atoms with Crippen LogP contribution >= 0.6 is 11.3 Å². The van der Waals surface area contributed by atoms with Crippen molar-refractivity contribution in [3.63, 3.8) is 0 Å². The van der Waals surface area contributed by atoms with Gasteiger partial charge in [0.2, 0.25) is 15.9 Å². The van der Waals surface area contributed by atoms with Gasteiger partial charge in [-0.15, -0.1) is 15.7 Å². The number of benzene rings is 1. The van der Waals surface area contributed by atoms with E-state index in [4.69, 9.17) is 0 Å².